The van der Waals surface area contributed by atoms with E-state index in [4.69, 9.17) is 5.11 Å². The quantitative estimate of drug-likeness (QED) is 0.758. The van der Waals surface area contributed by atoms with Gasteiger partial charge in [0.1, 0.15) is 4.90 Å². The Bertz CT molecular complexity index is 741. The van der Waals surface area contributed by atoms with Crippen molar-refractivity contribution in [1.82, 2.24) is 0 Å². The minimum atomic E-state index is -3.69. The van der Waals surface area contributed by atoms with Gasteiger partial charge in [-0.2, -0.15) is 0 Å². The van der Waals surface area contributed by atoms with E-state index in [-0.39, 0.29) is 11.5 Å². The molecule has 0 amide bonds. The van der Waals surface area contributed by atoms with E-state index in [2.05, 4.69) is 36.6 Å². The summed E-state index contributed by atoms with van der Waals surface area (Å²) in [7, 11) is -3.69. The van der Waals surface area contributed by atoms with Gasteiger partial charge in [-0.3, -0.25) is 4.72 Å². The van der Waals surface area contributed by atoms with E-state index in [1.807, 2.05) is 19.1 Å². The first-order valence-corrected chi connectivity index (χ1v) is 9.40. The maximum absolute atomic E-state index is 12.4. The third-order valence-electron chi connectivity index (χ3n) is 2.60. The molecular formula is C12H11Br2NO3S2. The first-order valence-electron chi connectivity index (χ1n) is 5.51. The van der Waals surface area contributed by atoms with Crippen molar-refractivity contribution in [1.29, 1.82) is 0 Å². The summed E-state index contributed by atoms with van der Waals surface area (Å²) >= 11 is 7.73. The molecule has 0 aliphatic carbocycles. The minimum absolute atomic E-state index is 0.130. The number of rotatable bonds is 4. The van der Waals surface area contributed by atoms with E-state index in [0.717, 1.165) is 10.0 Å². The Kier molecular flexibility index (Phi) is 4.91. The summed E-state index contributed by atoms with van der Waals surface area (Å²) in [5, 5.41) is 9.08. The summed E-state index contributed by atoms with van der Waals surface area (Å²) < 4.78 is 28.6. The number of sulfonamides is 1. The molecule has 0 aliphatic rings. The maximum Gasteiger partial charge on any atom is 0.263 e. The standard InChI is InChI=1S/C12H11Br2NO3S2/c1-7-2-3-8(13)4-10(7)15-20(17,18)11-5-9(6-16)19-12(11)14/h2-5,15-16H,6H2,1H3. The van der Waals surface area contributed by atoms with Gasteiger partial charge in [0.05, 0.1) is 16.1 Å². The molecule has 0 atom stereocenters. The van der Waals surface area contributed by atoms with Crippen LogP contribution in [-0.4, -0.2) is 13.5 Å². The number of anilines is 1. The van der Waals surface area contributed by atoms with E-state index in [0.29, 0.717) is 14.4 Å². The Morgan fingerprint density at radius 1 is 1.30 bits per heavy atom. The van der Waals surface area contributed by atoms with E-state index in [1.54, 1.807) is 6.07 Å². The molecule has 0 saturated heterocycles. The lowest BCUT2D eigenvalue weighted by molar-refractivity contribution is 0.285. The second kappa shape index (κ2) is 6.15. The number of hydrogen-bond donors (Lipinski definition) is 2. The molecule has 108 valence electrons. The Hall–Kier alpha value is -0.410. The van der Waals surface area contributed by atoms with Crippen LogP contribution in [0.5, 0.6) is 0 Å². The van der Waals surface area contributed by atoms with Crippen molar-refractivity contribution in [2.75, 3.05) is 4.72 Å². The SMILES string of the molecule is Cc1ccc(Br)cc1NS(=O)(=O)c1cc(CO)sc1Br. The van der Waals surface area contributed by atoms with Crippen LogP contribution in [0, 0.1) is 6.92 Å². The Morgan fingerprint density at radius 3 is 2.60 bits per heavy atom. The topological polar surface area (TPSA) is 66.4 Å². The largest absolute Gasteiger partial charge is 0.391 e. The molecule has 8 heteroatoms. The van der Waals surface area contributed by atoms with Crippen molar-refractivity contribution in [3.05, 3.63) is 43.0 Å². The van der Waals surface area contributed by atoms with Gasteiger partial charge >= 0.3 is 0 Å². The Morgan fingerprint density at radius 2 is 2.00 bits per heavy atom. The van der Waals surface area contributed by atoms with Crippen LogP contribution >= 0.6 is 43.2 Å². The van der Waals surface area contributed by atoms with Gasteiger partial charge < -0.3 is 5.11 Å². The summed E-state index contributed by atoms with van der Waals surface area (Å²) in [6, 6.07) is 6.84. The van der Waals surface area contributed by atoms with Crippen LogP contribution in [0.15, 0.2) is 37.4 Å². The van der Waals surface area contributed by atoms with Gasteiger partial charge in [-0.05, 0) is 46.6 Å². The van der Waals surface area contributed by atoms with E-state index < -0.39 is 10.0 Å². The fourth-order valence-corrected chi connectivity index (χ4v) is 5.59. The fourth-order valence-electron chi connectivity index (χ4n) is 1.56. The first-order chi connectivity index (χ1) is 9.33. The number of aryl methyl sites for hydroxylation is 1. The molecule has 20 heavy (non-hydrogen) atoms. The second-order valence-corrected chi connectivity index (χ2v) is 9.09. The normalized spacial score (nSPS) is 11.6. The predicted octanol–water partition coefficient (Wildman–Crippen LogP) is 3.87. The van der Waals surface area contributed by atoms with Crippen LogP contribution < -0.4 is 4.72 Å². The van der Waals surface area contributed by atoms with E-state index in [1.165, 1.54) is 17.4 Å². The first kappa shape index (κ1) is 16.0. The number of hydrogen-bond acceptors (Lipinski definition) is 4. The van der Waals surface area contributed by atoms with Gasteiger partial charge in [-0.25, -0.2) is 8.42 Å². The molecule has 2 N–H and O–H groups in total. The van der Waals surface area contributed by atoms with Crippen LogP contribution in [-0.2, 0) is 16.6 Å². The molecule has 0 fully saturated rings. The molecule has 0 radical (unpaired) electrons. The summed E-state index contributed by atoms with van der Waals surface area (Å²) in [6.07, 6.45) is 0. The van der Waals surface area contributed by atoms with Crippen LogP contribution in [0.4, 0.5) is 5.69 Å². The van der Waals surface area contributed by atoms with Crippen molar-refractivity contribution >= 4 is 58.9 Å². The molecular weight excluding hydrogens is 430 g/mol. The van der Waals surface area contributed by atoms with Crippen molar-refractivity contribution in [3.8, 4) is 0 Å². The van der Waals surface area contributed by atoms with E-state index in [9.17, 15) is 8.42 Å². The number of halogens is 2. The van der Waals surface area contributed by atoms with Crippen molar-refractivity contribution in [2.45, 2.75) is 18.4 Å². The van der Waals surface area contributed by atoms with Gasteiger partial charge in [-0.1, -0.05) is 22.0 Å². The number of aliphatic hydroxyl groups excluding tert-OH is 1. The van der Waals surface area contributed by atoms with Crippen LogP contribution in [0.25, 0.3) is 0 Å². The van der Waals surface area contributed by atoms with Gasteiger partial charge in [0.25, 0.3) is 10.0 Å². The second-order valence-electron chi connectivity index (χ2n) is 4.07. The van der Waals surface area contributed by atoms with Gasteiger partial charge in [0.2, 0.25) is 0 Å². The smallest absolute Gasteiger partial charge is 0.263 e. The summed E-state index contributed by atoms with van der Waals surface area (Å²) in [4.78, 5) is 0.717. The predicted molar refractivity (Wildman–Crippen MR) is 87.6 cm³/mol. The average molecular weight is 441 g/mol. The minimum Gasteiger partial charge on any atom is -0.391 e. The Labute approximate surface area is 138 Å². The highest BCUT2D eigenvalue weighted by Gasteiger charge is 2.21. The Balaban J connectivity index is 2.40. The highest BCUT2D eigenvalue weighted by atomic mass is 79.9. The monoisotopic (exact) mass is 439 g/mol. The van der Waals surface area contributed by atoms with Crippen molar-refractivity contribution < 1.29 is 13.5 Å². The maximum atomic E-state index is 12.4. The molecule has 1 heterocycles. The van der Waals surface area contributed by atoms with Crippen LogP contribution in [0.1, 0.15) is 10.4 Å². The van der Waals surface area contributed by atoms with Crippen molar-refractivity contribution in [2.24, 2.45) is 0 Å². The molecule has 2 aromatic rings. The fraction of sp³-hybridized carbons (Fsp3) is 0.167. The zero-order valence-electron chi connectivity index (χ0n) is 10.4. The molecule has 4 nitrogen and oxygen atoms in total. The summed E-state index contributed by atoms with van der Waals surface area (Å²) in [6.45, 7) is 1.64. The third kappa shape index (κ3) is 3.43. The molecule has 0 bridgehead atoms. The zero-order valence-corrected chi connectivity index (χ0v) is 15.2. The summed E-state index contributed by atoms with van der Waals surface area (Å²) in [5.74, 6) is 0. The number of benzene rings is 1. The van der Waals surface area contributed by atoms with Gasteiger partial charge in [0.15, 0.2) is 0 Å². The number of thiophene rings is 1. The number of nitrogens with one attached hydrogen (secondary N) is 1. The lowest BCUT2D eigenvalue weighted by Gasteiger charge is -2.10. The van der Waals surface area contributed by atoms with Crippen LogP contribution in [0.2, 0.25) is 0 Å². The van der Waals surface area contributed by atoms with Gasteiger partial charge in [0, 0.05) is 9.35 Å². The molecule has 2 rings (SSSR count). The summed E-state index contributed by atoms with van der Waals surface area (Å²) in [5.41, 5.74) is 1.34. The molecule has 0 saturated carbocycles. The van der Waals surface area contributed by atoms with E-state index >= 15 is 0 Å². The average Bonchev–Trinajstić information content (AvgIpc) is 2.76. The van der Waals surface area contributed by atoms with Crippen molar-refractivity contribution in [3.63, 3.8) is 0 Å². The number of aliphatic hydroxyl groups is 1. The lowest BCUT2D eigenvalue weighted by Crippen LogP contribution is -2.13. The van der Waals surface area contributed by atoms with Crippen LogP contribution in [0.3, 0.4) is 0 Å². The molecule has 0 unspecified atom stereocenters. The molecule has 1 aromatic heterocycles. The highest BCUT2D eigenvalue weighted by molar-refractivity contribution is 9.11. The lowest BCUT2D eigenvalue weighted by atomic mass is 10.2. The van der Waals surface area contributed by atoms with Gasteiger partial charge in [-0.15, -0.1) is 11.3 Å². The highest BCUT2D eigenvalue weighted by Crippen LogP contribution is 2.33. The molecule has 0 spiro atoms. The zero-order chi connectivity index (χ0) is 14.9. The molecule has 0 aliphatic heterocycles. The molecule has 1 aromatic carbocycles. The third-order valence-corrected chi connectivity index (χ3v) is 6.69.